The van der Waals surface area contributed by atoms with Crippen molar-refractivity contribution in [2.75, 3.05) is 31.6 Å². The molecule has 0 unspecified atom stereocenters. The number of halogens is 1. The van der Waals surface area contributed by atoms with Gasteiger partial charge in [-0.3, -0.25) is 23.6 Å². The van der Waals surface area contributed by atoms with Crippen LogP contribution in [-0.4, -0.2) is 56.9 Å². The average molecular weight is 420 g/mol. The topological polar surface area (TPSA) is 106 Å². The molecule has 1 aliphatic heterocycles. The highest BCUT2D eigenvalue weighted by atomic mass is 19.1. The smallest absolute Gasteiger partial charge is 0.332 e. The molecule has 2 N–H and O–H groups in total. The van der Waals surface area contributed by atoms with E-state index in [1.165, 1.54) is 49.0 Å². The Morgan fingerprint density at radius 2 is 1.93 bits per heavy atom. The zero-order chi connectivity index (χ0) is 21.9. The van der Waals surface area contributed by atoms with Crippen LogP contribution in [0.15, 0.2) is 39.9 Å². The highest BCUT2D eigenvalue weighted by Gasteiger charge is 2.34. The SMILES string of the molecule is Cn1c(NC(=O)CN2CCC[C@](O)(COc3ccc(F)cc3)C2)cc(=O)n(C)c1=O. The quantitative estimate of drug-likeness (QED) is 0.685. The lowest BCUT2D eigenvalue weighted by Gasteiger charge is -2.38. The summed E-state index contributed by atoms with van der Waals surface area (Å²) >= 11 is 0. The van der Waals surface area contributed by atoms with Crippen molar-refractivity contribution < 1.29 is 19.0 Å². The van der Waals surface area contributed by atoms with Gasteiger partial charge in [-0.1, -0.05) is 0 Å². The minimum atomic E-state index is -1.15. The molecule has 2 aromatic rings. The van der Waals surface area contributed by atoms with Gasteiger partial charge < -0.3 is 15.2 Å². The van der Waals surface area contributed by atoms with Crippen LogP contribution in [0.5, 0.6) is 5.75 Å². The van der Waals surface area contributed by atoms with Crippen molar-refractivity contribution >= 4 is 11.7 Å². The maximum absolute atomic E-state index is 13.0. The summed E-state index contributed by atoms with van der Waals surface area (Å²) in [6, 6.07) is 6.72. The molecular weight excluding hydrogens is 395 g/mol. The Morgan fingerprint density at radius 1 is 1.23 bits per heavy atom. The summed E-state index contributed by atoms with van der Waals surface area (Å²) < 4.78 is 20.7. The number of β-amino-alcohol motifs (C(OH)–C–C–N with tert-alkyl or cyclic N) is 1. The molecule has 2 heterocycles. The van der Waals surface area contributed by atoms with Crippen molar-refractivity contribution in [2.45, 2.75) is 18.4 Å². The van der Waals surface area contributed by atoms with Gasteiger partial charge in [0.2, 0.25) is 5.91 Å². The lowest BCUT2D eigenvalue weighted by Crippen LogP contribution is -2.53. The molecule has 0 spiro atoms. The fraction of sp³-hybridized carbons (Fsp3) is 0.450. The first-order chi connectivity index (χ1) is 14.2. The van der Waals surface area contributed by atoms with Crippen LogP contribution in [0.25, 0.3) is 0 Å². The number of aliphatic hydroxyl groups is 1. The van der Waals surface area contributed by atoms with Crippen molar-refractivity contribution in [1.29, 1.82) is 0 Å². The summed E-state index contributed by atoms with van der Waals surface area (Å²) in [5, 5.41) is 13.4. The Balaban J connectivity index is 1.59. The van der Waals surface area contributed by atoms with Crippen molar-refractivity contribution in [3.63, 3.8) is 0 Å². The van der Waals surface area contributed by atoms with Gasteiger partial charge in [-0.25, -0.2) is 9.18 Å². The van der Waals surface area contributed by atoms with Crippen LogP contribution in [0.1, 0.15) is 12.8 Å². The molecule has 3 rings (SSSR count). The van der Waals surface area contributed by atoms with E-state index in [0.717, 1.165) is 4.57 Å². The highest BCUT2D eigenvalue weighted by Crippen LogP contribution is 2.23. The number of hydrogen-bond acceptors (Lipinski definition) is 6. The Morgan fingerprint density at radius 3 is 2.63 bits per heavy atom. The van der Waals surface area contributed by atoms with Gasteiger partial charge in [0.1, 0.15) is 29.6 Å². The van der Waals surface area contributed by atoms with E-state index in [4.69, 9.17) is 4.74 Å². The van der Waals surface area contributed by atoms with E-state index in [1.54, 1.807) is 4.90 Å². The second kappa shape index (κ2) is 8.80. The molecule has 9 nitrogen and oxygen atoms in total. The molecule has 1 aromatic heterocycles. The van der Waals surface area contributed by atoms with Gasteiger partial charge in [0.25, 0.3) is 5.56 Å². The maximum atomic E-state index is 13.0. The zero-order valence-electron chi connectivity index (χ0n) is 16.9. The van der Waals surface area contributed by atoms with Gasteiger partial charge in [0.05, 0.1) is 6.54 Å². The number of nitrogens with zero attached hydrogens (tertiary/aromatic N) is 3. The van der Waals surface area contributed by atoms with Crippen LogP contribution in [-0.2, 0) is 18.9 Å². The normalized spacial score (nSPS) is 19.5. The molecule has 0 bridgehead atoms. The highest BCUT2D eigenvalue weighted by molar-refractivity contribution is 5.91. The maximum Gasteiger partial charge on any atom is 0.332 e. The largest absolute Gasteiger partial charge is 0.491 e. The number of benzene rings is 1. The summed E-state index contributed by atoms with van der Waals surface area (Å²) in [5.74, 6) is -0.210. The number of amides is 1. The molecule has 1 aromatic carbocycles. The average Bonchev–Trinajstić information content (AvgIpc) is 2.70. The van der Waals surface area contributed by atoms with E-state index in [9.17, 15) is 23.9 Å². The number of aromatic nitrogens is 2. The molecule has 162 valence electrons. The molecule has 0 saturated carbocycles. The van der Waals surface area contributed by atoms with Crippen LogP contribution in [0.3, 0.4) is 0 Å². The van der Waals surface area contributed by atoms with Gasteiger partial charge in [0, 0.05) is 26.7 Å². The number of carbonyl (C=O) groups excluding carboxylic acids is 1. The minimum Gasteiger partial charge on any atom is -0.491 e. The monoisotopic (exact) mass is 420 g/mol. The van der Waals surface area contributed by atoms with E-state index < -0.39 is 22.8 Å². The number of hydrogen-bond donors (Lipinski definition) is 2. The molecule has 10 heteroatoms. The first-order valence-electron chi connectivity index (χ1n) is 9.57. The zero-order valence-corrected chi connectivity index (χ0v) is 16.9. The molecule has 0 aliphatic carbocycles. The Labute approximate surface area is 172 Å². The van der Waals surface area contributed by atoms with Crippen LogP contribution < -0.4 is 21.3 Å². The Kier molecular flexibility index (Phi) is 6.37. The van der Waals surface area contributed by atoms with Gasteiger partial charge in [0.15, 0.2) is 0 Å². The number of nitrogens with one attached hydrogen (secondary N) is 1. The number of rotatable bonds is 6. The van der Waals surface area contributed by atoms with Gasteiger partial charge >= 0.3 is 5.69 Å². The van der Waals surface area contributed by atoms with Crippen LogP contribution >= 0.6 is 0 Å². The summed E-state index contributed by atoms with van der Waals surface area (Å²) in [6.45, 7) is 0.834. The number of ether oxygens (including phenoxy) is 1. The van der Waals surface area contributed by atoms with Crippen LogP contribution in [0, 0.1) is 5.82 Å². The van der Waals surface area contributed by atoms with Crippen LogP contribution in [0.2, 0.25) is 0 Å². The lowest BCUT2D eigenvalue weighted by molar-refractivity contribution is -0.120. The standard InChI is InChI=1S/C20H25FN4O5/c1-23-16(10-18(27)24(2)19(23)28)22-17(26)11-25-9-3-8-20(29,12-25)13-30-15-6-4-14(21)5-7-15/h4-7,10,29H,3,8-9,11-13H2,1-2H3,(H,22,26)/t20-/m1/s1. The van der Waals surface area contributed by atoms with Gasteiger partial charge in [-0.05, 0) is 43.7 Å². The predicted octanol–water partition coefficient (Wildman–Crippen LogP) is 0.0675. The lowest BCUT2D eigenvalue weighted by atomic mass is 9.93. The number of piperidine rings is 1. The number of likely N-dealkylation sites (tertiary alicyclic amines) is 1. The summed E-state index contributed by atoms with van der Waals surface area (Å²) in [7, 11) is 2.82. The van der Waals surface area contributed by atoms with E-state index >= 15 is 0 Å². The molecule has 1 amide bonds. The van der Waals surface area contributed by atoms with Crippen LogP contribution in [0.4, 0.5) is 10.2 Å². The third-order valence-electron chi connectivity index (χ3n) is 5.12. The number of carbonyl (C=O) groups is 1. The van der Waals surface area contributed by atoms with Crippen molar-refractivity contribution in [1.82, 2.24) is 14.0 Å². The van der Waals surface area contributed by atoms with E-state index in [-0.39, 0.29) is 31.3 Å². The van der Waals surface area contributed by atoms with E-state index in [0.29, 0.717) is 25.1 Å². The summed E-state index contributed by atoms with van der Waals surface area (Å²) in [5.41, 5.74) is -2.20. The molecular formula is C20H25FN4O5. The first kappa shape index (κ1) is 21.7. The van der Waals surface area contributed by atoms with Crippen molar-refractivity contribution in [3.05, 3.63) is 57.0 Å². The van der Waals surface area contributed by atoms with Crippen molar-refractivity contribution in [3.8, 4) is 5.75 Å². The Hall–Kier alpha value is -2.98. The van der Waals surface area contributed by atoms with Gasteiger partial charge in [-0.2, -0.15) is 0 Å². The second-order valence-electron chi connectivity index (χ2n) is 7.60. The van der Waals surface area contributed by atoms with Gasteiger partial charge in [-0.15, -0.1) is 0 Å². The third kappa shape index (κ3) is 5.14. The third-order valence-corrected chi connectivity index (χ3v) is 5.12. The summed E-state index contributed by atoms with van der Waals surface area (Å²) in [6.07, 6.45) is 1.18. The second-order valence-corrected chi connectivity index (χ2v) is 7.60. The first-order valence-corrected chi connectivity index (χ1v) is 9.57. The molecule has 1 saturated heterocycles. The summed E-state index contributed by atoms with van der Waals surface area (Å²) in [4.78, 5) is 38.0. The van der Waals surface area contributed by atoms with E-state index in [1.807, 2.05) is 0 Å². The number of anilines is 1. The van der Waals surface area contributed by atoms with Crippen molar-refractivity contribution in [2.24, 2.45) is 14.1 Å². The predicted molar refractivity (Wildman–Crippen MR) is 108 cm³/mol. The van der Waals surface area contributed by atoms with E-state index in [2.05, 4.69) is 5.32 Å². The molecule has 1 atom stereocenters. The fourth-order valence-corrected chi connectivity index (χ4v) is 3.45. The minimum absolute atomic E-state index is 0.0116. The molecule has 30 heavy (non-hydrogen) atoms. The fourth-order valence-electron chi connectivity index (χ4n) is 3.45. The molecule has 1 fully saturated rings. The molecule has 1 aliphatic rings. The Bertz CT molecular complexity index is 1030. The molecule has 0 radical (unpaired) electrons.